The fourth-order valence-electron chi connectivity index (χ4n) is 4.26. The summed E-state index contributed by atoms with van der Waals surface area (Å²) in [4.78, 5) is 12.7. The van der Waals surface area contributed by atoms with Crippen molar-refractivity contribution in [3.8, 4) is 0 Å². The smallest absolute Gasteiger partial charge is 0.251 e. The molecule has 2 heteroatoms. The highest BCUT2D eigenvalue weighted by atomic mass is 16.1. The molecule has 2 aromatic carbocycles. The van der Waals surface area contributed by atoms with Crippen LogP contribution in [0, 0.1) is 0 Å². The molecule has 0 saturated heterocycles. The first-order chi connectivity index (χ1) is 12.2. The van der Waals surface area contributed by atoms with Crippen LogP contribution in [0.5, 0.6) is 0 Å². The van der Waals surface area contributed by atoms with Crippen LogP contribution in [0.1, 0.15) is 76.8 Å². The lowest BCUT2D eigenvalue weighted by molar-refractivity contribution is 0.0939. The van der Waals surface area contributed by atoms with Crippen molar-refractivity contribution in [3.05, 3.63) is 69.8 Å². The first kappa shape index (κ1) is 16.4. The monoisotopic (exact) mass is 333 g/mol. The normalized spacial score (nSPS) is 17.3. The molecule has 2 aromatic rings. The lowest BCUT2D eigenvalue weighted by Gasteiger charge is -2.21. The van der Waals surface area contributed by atoms with Gasteiger partial charge in [-0.05, 0) is 98.2 Å². The quantitative estimate of drug-likeness (QED) is 0.847. The van der Waals surface area contributed by atoms with Gasteiger partial charge >= 0.3 is 0 Å². The molecule has 1 atom stereocenters. The van der Waals surface area contributed by atoms with Crippen molar-refractivity contribution in [1.82, 2.24) is 5.32 Å². The van der Waals surface area contributed by atoms with Gasteiger partial charge in [0.05, 0.1) is 6.04 Å². The summed E-state index contributed by atoms with van der Waals surface area (Å²) in [5, 5.41) is 3.19. The van der Waals surface area contributed by atoms with E-state index >= 15 is 0 Å². The zero-order valence-corrected chi connectivity index (χ0v) is 15.1. The number of amides is 1. The van der Waals surface area contributed by atoms with Crippen LogP contribution in [0.2, 0.25) is 0 Å². The van der Waals surface area contributed by atoms with Gasteiger partial charge in [0.25, 0.3) is 5.91 Å². The third-order valence-corrected chi connectivity index (χ3v) is 5.83. The maximum atomic E-state index is 12.7. The Morgan fingerprint density at radius 2 is 1.36 bits per heavy atom. The molecule has 1 N–H and O–H groups in total. The second-order valence-electron chi connectivity index (χ2n) is 7.62. The van der Waals surface area contributed by atoms with Crippen molar-refractivity contribution < 1.29 is 4.79 Å². The molecule has 4 rings (SSSR count). The Hall–Kier alpha value is -2.09. The average molecular weight is 333 g/mol. The van der Waals surface area contributed by atoms with E-state index < -0.39 is 0 Å². The number of carbonyl (C=O) groups excluding carboxylic acids is 1. The van der Waals surface area contributed by atoms with E-state index in [1.165, 1.54) is 66.3 Å². The third-order valence-electron chi connectivity index (χ3n) is 5.83. The van der Waals surface area contributed by atoms with Crippen LogP contribution in [0.3, 0.4) is 0 Å². The molecule has 0 fully saturated rings. The molecule has 130 valence electrons. The van der Waals surface area contributed by atoms with E-state index in [-0.39, 0.29) is 11.9 Å². The number of rotatable bonds is 3. The van der Waals surface area contributed by atoms with Crippen molar-refractivity contribution in [2.75, 3.05) is 0 Å². The lowest BCUT2D eigenvalue weighted by atomic mass is 9.89. The van der Waals surface area contributed by atoms with Crippen molar-refractivity contribution in [2.24, 2.45) is 0 Å². The fraction of sp³-hybridized carbons (Fsp3) is 0.435. The van der Waals surface area contributed by atoms with Crippen molar-refractivity contribution in [2.45, 2.75) is 64.3 Å². The van der Waals surface area contributed by atoms with E-state index in [4.69, 9.17) is 0 Å². The van der Waals surface area contributed by atoms with Crippen LogP contribution in [-0.2, 0) is 25.7 Å². The number of aryl methyl sites for hydroxylation is 4. The van der Waals surface area contributed by atoms with Crippen molar-refractivity contribution in [1.29, 1.82) is 0 Å². The predicted molar refractivity (Wildman–Crippen MR) is 102 cm³/mol. The Balaban J connectivity index is 1.48. The third kappa shape index (κ3) is 3.49. The summed E-state index contributed by atoms with van der Waals surface area (Å²) >= 11 is 0. The molecule has 1 amide bonds. The predicted octanol–water partition coefficient (Wildman–Crippen LogP) is 4.94. The SMILES string of the molecule is C[C@H](NC(=O)c1ccc2c(c1)CCCC2)c1ccc2c(c1)CCCC2. The van der Waals surface area contributed by atoms with Gasteiger partial charge in [-0.2, -0.15) is 0 Å². The summed E-state index contributed by atoms with van der Waals surface area (Å²) in [5.74, 6) is 0.0404. The second-order valence-corrected chi connectivity index (χ2v) is 7.62. The molecule has 0 aliphatic heterocycles. The van der Waals surface area contributed by atoms with E-state index in [0.29, 0.717) is 0 Å². The molecular weight excluding hydrogens is 306 g/mol. The van der Waals surface area contributed by atoms with E-state index in [1.807, 2.05) is 6.07 Å². The second kappa shape index (κ2) is 7.03. The Labute approximate surface area is 150 Å². The van der Waals surface area contributed by atoms with Crippen LogP contribution in [-0.4, -0.2) is 5.91 Å². The maximum Gasteiger partial charge on any atom is 0.251 e. The Kier molecular flexibility index (Phi) is 4.61. The van der Waals surface area contributed by atoms with E-state index in [0.717, 1.165) is 18.4 Å². The van der Waals surface area contributed by atoms with Gasteiger partial charge < -0.3 is 5.32 Å². The van der Waals surface area contributed by atoms with Crippen molar-refractivity contribution >= 4 is 5.91 Å². The molecular formula is C23H27NO. The Morgan fingerprint density at radius 1 is 0.800 bits per heavy atom. The van der Waals surface area contributed by atoms with Gasteiger partial charge in [-0.1, -0.05) is 24.3 Å². The molecule has 0 unspecified atom stereocenters. The summed E-state index contributed by atoms with van der Waals surface area (Å²) < 4.78 is 0. The first-order valence-electron chi connectivity index (χ1n) is 9.75. The Bertz CT molecular complexity index is 793. The number of fused-ring (bicyclic) bond motifs is 2. The molecule has 2 aliphatic rings. The molecule has 0 bridgehead atoms. The summed E-state index contributed by atoms with van der Waals surface area (Å²) in [6.45, 7) is 2.08. The number of hydrogen-bond acceptors (Lipinski definition) is 1. The van der Waals surface area contributed by atoms with Crippen LogP contribution >= 0.6 is 0 Å². The first-order valence-corrected chi connectivity index (χ1v) is 9.75. The summed E-state index contributed by atoms with van der Waals surface area (Å²) in [5.41, 5.74) is 7.75. The van der Waals surface area contributed by atoms with Gasteiger partial charge in [-0.25, -0.2) is 0 Å². The van der Waals surface area contributed by atoms with Crippen LogP contribution in [0.25, 0.3) is 0 Å². The molecule has 0 spiro atoms. The molecule has 25 heavy (non-hydrogen) atoms. The summed E-state index contributed by atoms with van der Waals surface area (Å²) in [7, 11) is 0. The molecule has 0 saturated carbocycles. The number of nitrogens with one attached hydrogen (secondary N) is 1. The number of carbonyl (C=O) groups is 1. The molecule has 0 aromatic heterocycles. The average Bonchev–Trinajstić information content (AvgIpc) is 2.67. The van der Waals surface area contributed by atoms with Gasteiger partial charge in [-0.15, -0.1) is 0 Å². The zero-order chi connectivity index (χ0) is 17.2. The minimum Gasteiger partial charge on any atom is -0.346 e. The minimum atomic E-state index is 0.0377. The highest BCUT2D eigenvalue weighted by molar-refractivity contribution is 5.94. The molecule has 0 radical (unpaired) electrons. The fourth-order valence-corrected chi connectivity index (χ4v) is 4.26. The standard InChI is InChI=1S/C23H27NO/c1-16(19-12-10-17-6-2-4-8-20(17)14-19)24-23(25)22-13-11-18-7-3-5-9-21(18)15-22/h10-16H,2-9H2,1H3,(H,24,25)/t16-/m0/s1. The van der Waals surface area contributed by atoms with E-state index in [9.17, 15) is 4.79 Å². The van der Waals surface area contributed by atoms with Gasteiger partial charge in [0.15, 0.2) is 0 Å². The topological polar surface area (TPSA) is 29.1 Å². The molecule has 2 aliphatic carbocycles. The minimum absolute atomic E-state index is 0.0377. The van der Waals surface area contributed by atoms with Gasteiger partial charge in [0.1, 0.15) is 0 Å². The molecule has 2 nitrogen and oxygen atoms in total. The highest BCUT2D eigenvalue weighted by Crippen LogP contribution is 2.26. The summed E-state index contributed by atoms with van der Waals surface area (Å²) in [6, 6.07) is 13.0. The van der Waals surface area contributed by atoms with Crippen LogP contribution in [0.15, 0.2) is 36.4 Å². The van der Waals surface area contributed by atoms with Gasteiger partial charge in [0.2, 0.25) is 0 Å². The maximum absolute atomic E-state index is 12.7. The van der Waals surface area contributed by atoms with Gasteiger partial charge in [0, 0.05) is 5.56 Å². The highest BCUT2D eigenvalue weighted by Gasteiger charge is 2.17. The van der Waals surface area contributed by atoms with Crippen LogP contribution < -0.4 is 5.32 Å². The van der Waals surface area contributed by atoms with Gasteiger partial charge in [-0.3, -0.25) is 4.79 Å². The Morgan fingerprint density at radius 3 is 2.04 bits per heavy atom. The summed E-state index contributed by atoms with van der Waals surface area (Å²) in [6.07, 6.45) is 9.74. The van der Waals surface area contributed by atoms with Crippen molar-refractivity contribution in [3.63, 3.8) is 0 Å². The van der Waals surface area contributed by atoms with Crippen LogP contribution in [0.4, 0.5) is 0 Å². The number of benzene rings is 2. The lowest BCUT2D eigenvalue weighted by Crippen LogP contribution is -2.27. The largest absolute Gasteiger partial charge is 0.346 e. The van der Waals surface area contributed by atoms with E-state index in [2.05, 4.69) is 42.6 Å². The zero-order valence-electron chi connectivity index (χ0n) is 15.1. The molecule has 0 heterocycles. The van der Waals surface area contributed by atoms with E-state index in [1.54, 1.807) is 0 Å². The number of hydrogen-bond donors (Lipinski definition) is 1.